The molecule has 47 heavy (non-hydrogen) atoms. The van der Waals surface area contributed by atoms with Gasteiger partial charge in [0.15, 0.2) is 17.1 Å². The van der Waals surface area contributed by atoms with Gasteiger partial charge in [0.25, 0.3) is 0 Å². The molecule has 0 aliphatic heterocycles. The number of carbonyl (C=O) groups excluding carboxylic acids is 2. The van der Waals surface area contributed by atoms with Gasteiger partial charge in [0, 0.05) is 42.1 Å². The number of furan rings is 1. The van der Waals surface area contributed by atoms with E-state index in [1.807, 2.05) is 43.3 Å². The average Bonchev–Trinajstić information content (AvgIpc) is 3.25. The van der Waals surface area contributed by atoms with Crippen molar-refractivity contribution in [2.75, 3.05) is 55.6 Å². The molecule has 4 aromatic rings. The molecule has 0 fully saturated rings. The molecule has 0 radical (unpaired) electrons. The van der Waals surface area contributed by atoms with E-state index in [0.717, 1.165) is 5.56 Å². The summed E-state index contributed by atoms with van der Waals surface area (Å²) in [6, 6.07) is 12.1. The summed E-state index contributed by atoms with van der Waals surface area (Å²) >= 11 is 0. The van der Waals surface area contributed by atoms with Crippen molar-refractivity contribution in [1.29, 1.82) is 0 Å². The van der Waals surface area contributed by atoms with Gasteiger partial charge in [-0.2, -0.15) is 0 Å². The zero-order valence-electron chi connectivity index (χ0n) is 27.9. The van der Waals surface area contributed by atoms with E-state index in [1.54, 1.807) is 33.5 Å². The number of carbonyl (C=O) groups is 2. The molecule has 5 rings (SSSR count). The predicted molar refractivity (Wildman–Crippen MR) is 180 cm³/mol. The van der Waals surface area contributed by atoms with Crippen LogP contribution in [0.15, 0.2) is 51.7 Å². The van der Waals surface area contributed by atoms with E-state index < -0.39 is 6.04 Å². The highest BCUT2D eigenvalue weighted by molar-refractivity contribution is 5.96. The number of nitrogens with one attached hydrogen (secondary N) is 2. The Morgan fingerprint density at radius 3 is 2.30 bits per heavy atom. The zero-order valence-corrected chi connectivity index (χ0v) is 27.9. The number of benzene rings is 2. The molecule has 11 heteroatoms. The third-order valence-corrected chi connectivity index (χ3v) is 8.37. The van der Waals surface area contributed by atoms with Crippen LogP contribution in [0.25, 0.3) is 33.4 Å². The Morgan fingerprint density at radius 1 is 0.957 bits per heavy atom. The van der Waals surface area contributed by atoms with Gasteiger partial charge in [-0.1, -0.05) is 0 Å². The molecule has 1 aliphatic carbocycles. The second-order valence-electron chi connectivity index (χ2n) is 11.7. The Balaban J connectivity index is 1.85. The average molecular weight is 644 g/mol. The van der Waals surface area contributed by atoms with Crippen molar-refractivity contribution < 1.29 is 33.0 Å². The number of nitrogens with zero attached hydrogens (tertiary/aromatic N) is 1. The first-order chi connectivity index (χ1) is 22.6. The molecule has 0 saturated heterocycles. The number of amides is 2. The molecule has 0 spiro atoms. The van der Waals surface area contributed by atoms with E-state index in [0.29, 0.717) is 87.9 Å². The van der Waals surface area contributed by atoms with Gasteiger partial charge in [-0.05, 0) is 86.1 Å². The van der Waals surface area contributed by atoms with Crippen molar-refractivity contribution in [2.24, 2.45) is 0 Å². The molecule has 3 aromatic carbocycles. The first-order valence-corrected chi connectivity index (χ1v) is 15.4. The molecule has 0 saturated carbocycles. The Bertz CT molecular complexity index is 1860. The van der Waals surface area contributed by atoms with Crippen molar-refractivity contribution in [3.05, 3.63) is 69.4 Å². The Kier molecular flexibility index (Phi) is 10.0. The van der Waals surface area contributed by atoms with Gasteiger partial charge in [0.1, 0.15) is 11.5 Å². The number of likely N-dealkylation sites (N-methyl/N-ethyl adjacent to an activating group) is 1. The molecule has 1 aromatic heterocycles. The van der Waals surface area contributed by atoms with Gasteiger partial charge < -0.3 is 38.9 Å². The van der Waals surface area contributed by atoms with E-state index in [2.05, 4.69) is 10.6 Å². The van der Waals surface area contributed by atoms with Crippen molar-refractivity contribution in [2.45, 2.75) is 32.2 Å². The summed E-state index contributed by atoms with van der Waals surface area (Å²) in [6.07, 6.45) is 1.03. The normalized spacial score (nSPS) is 13.7. The number of aryl methyl sites for hydroxylation is 1. The lowest BCUT2D eigenvalue weighted by molar-refractivity contribution is -0.121. The third kappa shape index (κ3) is 6.76. The number of rotatable bonds is 11. The quantitative estimate of drug-likeness (QED) is 0.243. The SMILES string of the molecule is COc1ccc(-c2oc3c(=O)cc4c(cc3c2CC(=O)NCCN(C)C)-c2c(cc(OC)c(OC)c2OC)CC[C@@H]4NC(C)=O)cc1. The topological polar surface area (TPSA) is 129 Å². The minimum absolute atomic E-state index is 0.0366. The van der Waals surface area contributed by atoms with Crippen molar-refractivity contribution in [3.8, 4) is 45.4 Å². The third-order valence-electron chi connectivity index (χ3n) is 8.37. The van der Waals surface area contributed by atoms with Gasteiger partial charge >= 0.3 is 0 Å². The first-order valence-electron chi connectivity index (χ1n) is 15.4. The van der Waals surface area contributed by atoms with Crippen LogP contribution in [0.3, 0.4) is 0 Å². The monoisotopic (exact) mass is 643 g/mol. The van der Waals surface area contributed by atoms with Crippen LogP contribution < -0.4 is 35.0 Å². The molecule has 0 bridgehead atoms. The molecule has 1 aliphatic rings. The fraction of sp³-hybridized carbons (Fsp3) is 0.361. The highest BCUT2D eigenvalue weighted by Gasteiger charge is 2.31. The lowest BCUT2D eigenvalue weighted by Gasteiger charge is -2.20. The number of hydrogen-bond acceptors (Lipinski definition) is 9. The Labute approximate surface area is 273 Å². The summed E-state index contributed by atoms with van der Waals surface area (Å²) in [5.74, 6) is 1.95. The fourth-order valence-electron chi connectivity index (χ4n) is 6.17. The minimum Gasteiger partial charge on any atom is -0.497 e. The van der Waals surface area contributed by atoms with Crippen LogP contribution >= 0.6 is 0 Å². The highest BCUT2D eigenvalue weighted by atomic mass is 16.5. The number of ether oxygens (including phenoxy) is 4. The van der Waals surface area contributed by atoms with Gasteiger partial charge in [-0.15, -0.1) is 0 Å². The molecular formula is C36H41N3O8. The maximum absolute atomic E-state index is 14.1. The number of methoxy groups -OCH3 is 4. The van der Waals surface area contributed by atoms with E-state index in [9.17, 15) is 14.4 Å². The second-order valence-corrected chi connectivity index (χ2v) is 11.7. The van der Waals surface area contributed by atoms with Gasteiger partial charge in [0.05, 0.1) is 40.9 Å². The van der Waals surface area contributed by atoms with Crippen LogP contribution in [0, 0.1) is 0 Å². The van der Waals surface area contributed by atoms with Crippen LogP contribution in [-0.2, 0) is 22.4 Å². The molecule has 0 unspecified atom stereocenters. The summed E-state index contributed by atoms with van der Waals surface area (Å²) in [6.45, 7) is 2.58. The highest BCUT2D eigenvalue weighted by Crippen LogP contribution is 2.51. The maximum atomic E-state index is 14.1. The van der Waals surface area contributed by atoms with Crippen LogP contribution in [0.4, 0.5) is 0 Å². The second kappa shape index (κ2) is 14.2. The van der Waals surface area contributed by atoms with Crippen molar-refractivity contribution >= 4 is 22.8 Å². The van der Waals surface area contributed by atoms with E-state index in [1.165, 1.54) is 20.1 Å². The van der Waals surface area contributed by atoms with Crippen molar-refractivity contribution in [1.82, 2.24) is 15.5 Å². The largest absolute Gasteiger partial charge is 0.497 e. The summed E-state index contributed by atoms with van der Waals surface area (Å²) in [5.41, 5.74) is 3.82. The van der Waals surface area contributed by atoms with Gasteiger partial charge in [0.2, 0.25) is 23.0 Å². The molecule has 1 atom stereocenters. The molecule has 1 heterocycles. The standard InChI is InChI=1S/C36H41N3O8/c1-20(40)38-28-13-10-22-16-30(44-5)35(45-6)36(46-7)32(22)25-17-26-27(19-31(42)37-14-15-39(2)3)33(21-8-11-23(43-4)12-9-21)47-34(26)29(41)18-24(25)28/h8-9,11-12,16-18,28H,10,13-15,19H2,1-7H3,(H,37,42)(H,38,40)/t28-/m0/s1. The summed E-state index contributed by atoms with van der Waals surface area (Å²) in [4.78, 5) is 41.9. The van der Waals surface area contributed by atoms with Crippen LogP contribution in [-0.4, -0.2) is 72.3 Å². The molecule has 2 amide bonds. The number of fused-ring (bicyclic) bond motifs is 4. The predicted octanol–water partition coefficient (Wildman–Crippen LogP) is 4.51. The van der Waals surface area contributed by atoms with E-state index in [-0.39, 0.29) is 29.2 Å². The van der Waals surface area contributed by atoms with Crippen molar-refractivity contribution in [3.63, 3.8) is 0 Å². The lowest BCUT2D eigenvalue weighted by Crippen LogP contribution is -2.32. The molecule has 248 valence electrons. The fourth-order valence-corrected chi connectivity index (χ4v) is 6.17. The molecule has 11 nitrogen and oxygen atoms in total. The van der Waals surface area contributed by atoms with E-state index in [4.69, 9.17) is 23.4 Å². The van der Waals surface area contributed by atoms with Gasteiger partial charge in [-0.25, -0.2) is 0 Å². The number of hydrogen-bond donors (Lipinski definition) is 2. The zero-order chi connectivity index (χ0) is 33.8. The van der Waals surface area contributed by atoms with Crippen LogP contribution in [0.2, 0.25) is 0 Å². The summed E-state index contributed by atoms with van der Waals surface area (Å²) in [7, 11) is 10.1. The first kappa shape index (κ1) is 33.3. The lowest BCUT2D eigenvalue weighted by atomic mass is 9.94. The van der Waals surface area contributed by atoms with Gasteiger partial charge in [-0.3, -0.25) is 14.4 Å². The molecule has 2 N–H and O–H groups in total. The maximum Gasteiger partial charge on any atom is 0.224 e. The van der Waals surface area contributed by atoms with Crippen LogP contribution in [0.1, 0.15) is 36.1 Å². The molecular weight excluding hydrogens is 602 g/mol. The summed E-state index contributed by atoms with van der Waals surface area (Å²) < 4.78 is 29.1. The van der Waals surface area contributed by atoms with Crippen LogP contribution in [0.5, 0.6) is 23.0 Å². The Hall–Kier alpha value is -5.03. The Morgan fingerprint density at radius 2 is 1.68 bits per heavy atom. The minimum atomic E-state index is -0.486. The smallest absolute Gasteiger partial charge is 0.224 e. The summed E-state index contributed by atoms with van der Waals surface area (Å²) in [5, 5.41) is 6.49. The van der Waals surface area contributed by atoms with E-state index >= 15 is 0 Å².